The van der Waals surface area contributed by atoms with Gasteiger partial charge in [0.2, 0.25) is 0 Å². The Hall–Kier alpha value is -0.440. The van der Waals surface area contributed by atoms with Crippen molar-refractivity contribution in [1.82, 2.24) is 0 Å². The van der Waals surface area contributed by atoms with E-state index in [1.807, 2.05) is 0 Å². The van der Waals surface area contributed by atoms with E-state index in [4.69, 9.17) is 0 Å². The van der Waals surface area contributed by atoms with Crippen molar-refractivity contribution in [2.45, 2.75) is 37.9 Å². The van der Waals surface area contributed by atoms with Crippen LogP contribution in [0.25, 0.3) is 0 Å². The number of unbranched alkanes of at least 4 members (excludes halogenated alkanes) is 2. The van der Waals surface area contributed by atoms with E-state index in [1.165, 1.54) is 11.8 Å². The number of hydrogen-bond donors (Lipinski definition) is 0. The summed E-state index contributed by atoms with van der Waals surface area (Å²) in [5.41, 5.74) is 0. The molecule has 0 aromatic carbocycles. The van der Waals surface area contributed by atoms with Gasteiger partial charge in [0.25, 0.3) is 0 Å². The van der Waals surface area contributed by atoms with E-state index < -0.39 is 11.2 Å². The molecule has 70 valence electrons. The minimum atomic E-state index is -0.976. The minimum absolute atomic E-state index is 0.408. The van der Waals surface area contributed by atoms with Crippen molar-refractivity contribution in [3.05, 3.63) is 12.0 Å². The van der Waals surface area contributed by atoms with Gasteiger partial charge in [-0.25, -0.2) is 0 Å². The molecule has 0 amide bonds. The second-order valence-electron chi connectivity index (χ2n) is 2.61. The third-order valence-electron chi connectivity index (χ3n) is 1.59. The van der Waals surface area contributed by atoms with Crippen LogP contribution in [0, 0.1) is 0 Å². The van der Waals surface area contributed by atoms with Crippen molar-refractivity contribution in [1.29, 1.82) is 0 Å². The molecule has 0 heterocycles. The van der Waals surface area contributed by atoms with Crippen LogP contribution in [-0.2, 0) is 4.79 Å². The highest BCUT2D eigenvalue weighted by atomic mass is 32.2. The van der Waals surface area contributed by atoms with Crippen molar-refractivity contribution in [3.8, 4) is 0 Å². The average Bonchev–Trinajstić information content (AvgIpc) is 2.03. The summed E-state index contributed by atoms with van der Waals surface area (Å²) in [4.78, 5) is 10.5. The maximum Gasteiger partial charge on any atom is 0.0548 e. The Morgan fingerprint density at radius 2 is 2.33 bits per heavy atom. The zero-order valence-electron chi connectivity index (χ0n) is 7.41. The van der Waals surface area contributed by atoms with Gasteiger partial charge in [-0.1, -0.05) is 32.8 Å². The van der Waals surface area contributed by atoms with Gasteiger partial charge in [0.15, 0.2) is 0 Å². The highest BCUT2D eigenvalue weighted by Crippen LogP contribution is 2.17. The van der Waals surface area contributed by atoms with Crippen molar-refractivity contribution in [2.24, 2.45) is 0 Å². The summed E-state index contributed by atoms with van der Waals surface area (Å²) in [6.45, 7) is 5.57. The van der Waals surface area contributed by atoms with Crippen molar-refractivity contribution >= 4 is 17.7 Å². The highest BCUT2D eigenvalue weighted by Gasteiger charge is 2.07. The number of aliphatic carboxylic acids is 1. The Kier molecular flexibility index (Phi) is 6.96. The Morgan fingerprint density at radius 3 is 2.75 bits per heavy atom. The van der Waals surface area contributed by atoms with E-state index in [9.17, 15) is 9.90 Å². The van der Waals surface area contributed by atoms with Crippen LogP contribution in [0.1, 0.15) is 32.6 Å². The third kappa shape index (κ3) is 5.24. The fourth-order valence-corrected chi connectivity index (χ4v) is 1.58. The highest BCUT2D eigenvalue weighted by molar-refractivity contribution is 8.03. The summed E-state index contributed by atoms with van der Waals surface area (Å²) in [5, 5.41) is 11.7. The molecule has 0 rings (SSSR count). The van der Waals surface area contributed by atoms with Gasteiger partial charge in [-0.15, -0.1) is 11.8 Å². The number of rotatable bonds is 7. The van der Waals surface area contributed by atoms with E-state index in [-0.39, 0.29) is 0 Å². The van der Waals surface area contributed by atoms with Crippen LogP contribution in [0.2, 0.25) is 0 Å². The van der Waals surface area contributed by atoms with Crippen LogP contribution in [0.5, 0.6) is 0 Å². The average molecular weight is 187 g/mol. The molecule has 0 saturated carbocycles. The number of carbonyl (C=O) groups is 1. The van der Waals surface area contributed by atoms with Crippen LogP contribution < -0.4 is 5.11 Å². The quantitative estimate of drug-likeness (QED) is 0.568. The first-order valence-electron chi connectivity index (χ1n) is 4.19. The molecule has 0 aliphatic rings. The molecule has 0 bridgehead atoms. The predicted molar refractivity (Wildman–Crippen MR) is 50.7 cm³/mol. The first-order chi connectivity index (χ1) is 5.72. The van der Waals surface area contributed by atoms with E-state index >= 15 is 0 Å². The van der Waals surface area contributed by atoms with E-state index in [0.29, 0.717) is 6.42 Å². The number of thioether (sulfide) groups is 1. The summed E-state index contributed by atoms with van der Waals surface area (Å²) < 4.78 is 0. The zero-order chi connectivity index (χ0) is 9.40. The molecule has 0 aromatic heterocycles. The number of carboxylic acid groups (broad SMARTS) is 1. The van der Waals surface area contributed by atoms with E-state index in [0.717, 1.165) is 19.3 Å². The smallest absolute Gasteiger partial charge is 0.0548 e. The fraction of sp³-hybridized carbons (Fsp3) is 0.667. The first kappa shape index (κ1) is 11.6. The van der Waals surface area contributed by atoms with Gasteiger partial charge in [-0.3, -0.25) is 0 Å². The number of hydrogen-bond acceptors (Lipinski definition) is 3. The monoisotopic (exact) mass is 187 g/mol. The molecular weight excluding hydrogens is 172 g/mol. The van der Waals surface area contributed by atoms with E-state index in [2.05, 4.69) is 13.5 Å². The molecule has 1 unspecified atom stereocenters. The standard InChI is InChI=1S/C9H16O2S/c1-3-5-6-7-8(9(10)11)12-4-2/h4,8H,2-3,5-7H2,1H3,(H,10,11)/p-1. The Bertz CT molecular complexity index is 145. The maximum atomic E-state index is 10.5. The molecule has 0 radical (unpaired) electrons. The topological polar surface area (TPSA) is 40.1 Å². The van der Waals surface area contributed by atoms with Crippen LogP contribution >= 0.6 is 11.8 Å². The lowest BCUT2D eigenvalue weighted by Crippen LogP contribution is -2.33. The fourth-order valence-electron chi connectivity index (χ4n) is 0.937. The van der Waals surface area contributed by atoms with E-state index in [1.54, 1.807) is 5.41 Å². The predicted octanol–water partition coefficient (Wildman–Crippen LogP) is 1.56. The van der Waals surface area contributed by atoms with Gasteiger partial charge < -0.3 is 9.90 Å². The van der Waals surface area contributed by atoms with Gasteiger partial charge in [-0.2, -0.15) is 0 Å². The molecule has 12 heavy (non-hydrogen) atoms. The maximum absolute atomic E-state index is 10.5. The van der Waals surface area contributed by atoms with Gasteiger partial charge in [0.05, 0.1) is 5.97 Å². The van der Waals surface area contributed by atoms with Crippen LogP contribution in [-0.4, -0.2) is 11.2 Å². The summed E-state index contributed by atoms with van der Waals surface area (Å²) >= 11 is 1.24. The molecule has 0 saturated heterocycles. The van der Waals surface area contributed by atoms with Crippen LogP contribution in [0.4, 0.5) is 0 Å². The summed E-state index contributed by atoms with van der Waals surface area (Å²) in [5.74, 6) is -0.976. The van der Waals surface area contributed by atoms with Gasteiger partial charge in [0.1, 0.15) is 0 Å². The van der Waals surface area contributed by atoms with Crippen molar-refractivity contribution in [2.75, 3.05) is 0 Å². The number of carbonyl (C=O) groups excluding carboxylic acids is 1. The molecule has 0 aliphatic heterocycles. The lowest BCUT2D eigenvalue weighted by atomic mass is 10.1. The lowest BCUT2D eigenvalue weighted by Gasteiger charge is -2.14. The summed E-state index contributed by atoms with van der Waals surface area (Å²) in [6.07, 6.45) is 3.84. The summed E-state index contributed by atoms with van der Waals surface area (Å²) in [6, 6.07) is 0. The molecule has 0 N–H and O–H groups in total. The number of carboxylic acids is 1. The Morgan fingerprint density at radius 1 is 1.67 bits per heavy atom. The molecule has 0 aromatic rings. The van der Waals surface area contributed by atoms with Crippen LogP contribution in [0.3, 0.4) is 0 Å². The Labute approximate surface area is 78.0 Å². The van der Waals surface area contributed by atoms with Gasteiger partial charge in [0, 0.05) is 5.25 Å². The van der Waals surface area contributed by atoms with Gasteiger partial charge >= 0.3 is 0 Å². The normalized spacial score (nSPS) is 12.4. The minimum Gasteiger partial charge on any atom is -0.549 e. The Balaban J connectivity index is 3.63. The lowest BCUT2D eigenvalue weighted by molar-refractivity contribution is -0.304. The zero-order valence-corrected chi connectivity index (χ0v) is 8.23. The molecule has 0 fully saturated rings. The van der Waals surface area contributed by atoms with Gasteiger partial charge in [-0.05, 0) is 11.8 Å². The first-order valence-corrected chi connectivity index (χ1v) is 5.13. The molecule has 2 nitrogen and oxygen atoms in total. The van der Waals surface area contributed by atoms with Crippen LogP contribution in [0.15, 0.2) is 12.0 Å². The summed E-state index contributed by atoms with van der Waals surface area (Å²) in [7, 11) is 0. The molecular formula is C9H15O2S-. The van der Waals surface area contributed by atoms with Crippen molar-refractivity contribution in [3.63, 3.8) is 0 Å². The SMILES string of the molecule is C=CSC(CCCCC)C(=O)[O-]. The molecule has 3 heteroatoms. The third-order valence-corrected chi connectivity index (χ3v) is 2.54. The second-order valence-corrected chi connectivity index (χ2v) is 3.78. The molecule has 0 aliphatic carbocycles. The molecule has 0 spiro atoms. The van der Waals surface area contributed by atoms with Crippen molar-refractivity contribution < 1.29 is 9.90 Å². The largest absolute Gasteiger partial charge is 0.549 e. The second kappa shape index (κ2) is 7.22. The molecule has 1 atom stereocenters.